The maximum atomic E-state index is 10.3. The summed E-state index contributed by atoms with van der Waals surface area (Å²) in [5.41, 5.74) is 0. The monoisotopic (exact) mass is 212 g/mol. The minimum Gasteiger partial charge on any atom is -0.367 e. The van der Waals surface area contributed by atoms with Crippen LogP contribution in [0.2, 0.25) is 0 Å². The highest BCUT2D eigenvalue weighted by molar-refractivity contribution is 5.57. The SMILES string of the molecule is CCCCCCCCC[C@@H]1CC(C=O)O1. The van der Waals surface area contributed by atoms with E-state index in [1.54, 1.807) is 0 Å². The Morgan fingerprint density at radius 3 is 2.33 bits per heavy atom. The lowest BCUT2D eigenvalue weighted by Gasteiger charge is -2.32. The highest BCUT2D eigenvalue weighted by Gasteiger charge is 2.28. The Labute approximate surface area is 93.4 Å². The van der Waals surface area contributed by atoms with Gasteiger partial charge in [-0.15, -0.1) is 0 Å². The molecule has 2 heteroatoms. The zero-order chi connectivity index (χ0) is 10.9. The van der Waals surface area contributed by atoms with Crippen LogP contribution in [0.3, 0.4) is 0 Å². The van der Waals surface area contributed by atoms with Crippen LogP contribution in [-0.2, 0) is 9.53 Å². The summed E-state index contributed by atoms with van der Waals surface area (Å²) in [5, 5.41) is 0. The molecule has 15 heavy (non-hydrogen) atoms. The molecule has 1 unspecified atom stereocenters. The second kappa shape index (κ2) is 7.86. The number of unbranched alkanes of at least 4 members (excludes halogenated alkanes) is 6. The highest BCUT2D eigenvalue weighted by Crippen LogP contribution is 2.24. The molecule has 2 atom stereocenters. The quantitative estimate of drug-likeness (QED) is 0.432. The van der Waals surface area contributed by atoms with E-state index >= 15 is 0 Å². The van der Waals surface area contributed by atoms with Gasteiger partial charge in [0.05, 0.1) is 6.10 Å². The van der Waals surface area contributed by atoms with Gasteiger partial charge in [0.15, 0.2) is 0 Å². The summed E-state index contributed by atoms with van der Waals surface area (Å²) in [5.74, 6) is 0. The van der Waals surface area contributed by atoms with E-state index in [0.717, 1.165) is 19.1 Å². The van der Waals surface area contributed by atoms with Gasteiger partial charge in [-0.3, -0.25) is 0 Å². The third-order valence-electron chi connectivity index (χ3n) is 3.14. The van der Waals surface area contributed by atoms with Crippen LogP contribution in [0.5, 0.6) is 0 Å². The predicted molar refractivity (Wildman–Crippen MR) is 62.0 cm³/mol. The van der Waals surface area contributed by atoms with Crippen LogP contribution in [-0.4, -0.2) is 18.5 Å². The summed E-state index contributed by atoms with van der Waals surface area (Å²) in [6, 6.07) is 0. The molecule has 0 spiro atoms. The van der Waals surface area contributed by atoms with E-state index in [0.29, 0.717) is 6.10 Å². The highest BCUT2D eigenvalue weighted by atomic mass is 16.5. The lowest BCUT2D eigenvalue weighted by atomic mass is 9.99. The summed E-state index contributed by atoms with van der Waals surface area (Å²) >= 11 is 0. The Kier molecular flexibility index (Phi) is 6.66. The molecule has 1 fully saturated rings. The fourth-order valence-corrected chi connectivity index (χ4v) is 2.10. The van der Waals surface area contributed by atoms with Crippen molar-refractivity contribution in [1.29, 1.82) is 0 Å². The van der Waals surface area contributed by atoms with Crippen molar-refractivity contribution in [1.82, 2.24) is 0 Å². The van der Waals surface area contributed by atoms with E-state index in [2.05, 4.69) is 6.92 Å². The number of ether oxygens (including phenoxy) is 1. The zero-order valence-corrected chi connectivity index (χ0v) is 9.91. The summed E-state index contributed by atoms with van der Waals surface area (Å²) in [7, 11) is 0. The van der Waals surface area contributed by atoms with Crippen LogP contribution in [0.25, 0.3) is 0 Å². The number of carbonyl (C=O) groups is 1. The zero-order valence-electron chi connectivity index (χ0n) is 9.91. The number of carbonyl (C=O) groups excluding carboxylic acids is 1. The van der Waals surface area contributed by atoms with Gasteiger partial charge in [-0.05, 0) is 6.42 Å². The van der Waals surface area contributed by atoms with Crippen LogP contribution in [0.1, 0.15) is 64.7 Å². The third-order valence-corrected chi connectivity index (χ3v) is 3.14. The minimum atomic E-state index is -0.0837. The van der Waals surface area contributed by atoms with Crippen LogP contribution >= 0.6 is 0 Å². The molecule has 0 N–H and O–H groups in total. The first-order valence-corrected chi connectivity index (χ1v) is 6.47. The van der Waals surface area contributed by atoms with E-state index in [1.165, 1.54) is 44.9 Å². The number of hydrogen-bond donors (Lipinski definition) is 0. The van der Waals surface area contributed by atoms with Crippen LogP contribution < -0.4 is 0 Å². The van der Waals surface area contributed by atoms with Crippen molar-refractivity contribution in [2.45, 2.75) is 76.9 Å². The summed E-state index contributed by atoms with van der Waals surface area (Å²) < 4.78 is 5.37. The lowest BCUT2D eigenvalue weighted by molar-refractivity contribution is -0.149. The first kappa shape index (κ1) is 12.7. The molecule has 1 aliphatic rings. The molecule has 1 aliphatic heterocycles. The van der Waals surface area contributed by atoms with Crippen molar-refractivity contribution in [3.8, 4) is 0 Å². The van der Waals surface area contributed by atoms with Gasteiger partial charge in [0, 0.05) is 6.42 Å². The van der Waals surface area contributed by atoms with Crippen molar-refractivity contribution < 1.29 is 9.53 Å². The minimum absolute atomic E-state index is 0.0837. The molecule has 0 aromatic carbocycles. The van der Waals surface area contributed by atoms with Gasteiger partial charge >= 0.3 is 0 Å². The van der Waals surface area contributed by atoms with Crippen molar-refractivity contribution in [3.05, 3.63) is 0 Å². The molecule has 0 aromatic heterocycles. The lowest BCUT2D eigenvalue weighted by Crippen LogP contribution is -2.38. The molecule has 0 amide bonds. The van der Waals surface area contributed by atoms with Gasteiger partial charge in [0.1, 0.15) is 12.4 Å². The molecule has 88 valence electrons. The van der Waals surface area contributed by atoms with Gasteiger partial charge in [-0.1, -0.05) is 51.9 Å². The van der Waals surface area contributed by atoms with Gasteiger partial charge in [0.25, 0.3) is 0 Å². The molecule has 1 heterocycles. The van der Waals surface area contributed by atoms with Crippen molar-refractivity contribution >= 4 is 6.29 Å². The van der Waals surface area contributed by atoms with Gasteiger partial charge in [-0.2, -0.15) is 0 Å². The van der Waals surface area contributed by atoms with E-state index in [1.807, 2.05) is 0 Å². The van der Waals surface area contributed by atoms with E-state index < -0.39 is 0 Å². The first-order chi connectivity index (χ1) is 7.36. The van der Waals surface area contributed by atoms with Crippen LogP contribution in [0.15, 0.2) is 0 Å². The van der Waals surface area contributed by atoms with E-state index in [9.17, 15) is 4.79 Å². The summed E-state index contributed by atoms with van der Waals surface area (Å²) in [4.78, 5) is 10.3. The Hall–Kier alpha value is -0.370. The molecule has 1 rings (SSSR count). The average Bonchev–Trinajstić information content (AvgIpc) is 2.19. The number of rotatable bonds is 9. The van der Waals surface area contributed by atoms with Crippen molar-refractivity contribution in [2.24, 2.45) is 0 Å². The van der Waals surface area contributed by atoms with Crippen molar-refractivity contribution in [2.75, 3.05) is 0 Å². The van der Waals surface area contributed by atoms with Gasteiger partial charge < -0.3 is 9.53 Å². The van der Waals surface area contributed by atoms with Gasteiger partial charge in [-0.25, -0.2) is 0 Å². The number of aldehydes is 1. The Morgan fingerprint density at radius 2 is 1.73 bits per heavy atom. The Morgan fingerprint density at radius 1 is 1.13 bits per heavy atom. The fraction of sp³-hybridized carbons (Fsp3) is 0.923. The first-order valence-electron chi connectivity index (χ1n) is 6.47. The molecule has 0 saturated carbocycles. The fourth-order valence-electron chi connectivity index (χ4n) is 2.10. The van der Waals surface area contributed by atoms with E-state index in [-0.39, 0.29) is 6.10 Å². The molecule has 0 radical (unpaired) electrons. The molecule has 1 saturated heterocycles. The molecular formula is C13H24O2. The molecule has 0 aromatic rings. The van der Waals surface area contributed by atoms with Gasteiger partial charge in [0.2, 0.25) is 0 Å². The summed E-state index contributed by atoms with van der Waals surface area (Å²) in [6.45, 7) is 2.25. The third kappa shape index (κ3) is 5.31. The van der Waals surface area contributed by atoms with Crippen LogP contribution in [0, 0.1) is 0 Å². The average molecular weight is 212 g/mol. The second-order valence-electron chi connectivity index (χ2n) is 4.58. The van der Waals surface area contributed by atoms with E-state index in [4.69, 9.17) is 4.74 Å². The Balaban J connectivity index is 1.76. The molecule has 0 bridgehead atoms. The predicted octanol–water partition coefficient (Wildman–Crippen LogP) is 3.48. The summed E-state index contributed by atoms with van der Waals surface area (Å²) in [6.07, 6.45) is 12.8. The maximum Gasteiger partial charge on any atom is 0.148 e. The second-order valence-corrected chi connectivity index (χ2v) is 4.58. The standard InChI is InChI=1S/C13H24O2/c1-2-3-4-5-6-7-8-9-12-10-13(11-14)15-12/h11-13H,2-10H2,1H3/t12-,13?/m1/s1. The van der Waals surface area contributed by atoms with Crippen LogP contribution in [0.4, 0.5) is 0 Å². The van der Waals surface area contributed by atoms with Crippen molar-refractivity contribution in [3.63, 3.8) is 0 Å². The molecule has 2 nitrogen and oxygen atoms in total. The normalized spacial score (nSPS) is 24.9. The number of hydrogen-bond acceptors (Lipinski definition) is 2. The maximum absolute atomic E-state index is 10.3. The topological polar surface area (TPSA) is 26.3 Å². The smallest absolute Gasteiger partial charge is 0.148 e. The molecule has 0 aliphatic carbocycles. The Bertz CT molecular complexity index is 162. The molecular weight excluding hydrogens is 188 g/mol. The largest absolute Gasteiger partial charge is 0.367 e.